The molecule has 86 valence electrons. The van der Waals surface area contributed by atoms with Crippen molar-refractivity contribution in [2.45, 2.75) is 53.5 Å². The first kappa shape index (κ1) is 12.1. The Hall–Kier alpha value is -0.990. The van der Waals surface area contributed by atoms with Crippen LogP contribution in [0.5, 0.6) is 0 Å². The fourth-order valence-electron chi connectivity index (χ4n) is 1.71. The first-order valence-electron chi connectivity index (χ1n) is 5.84. The molecule has 0 aliphatic rings. The van der Waals surface area contributed by atoms with Gasteiger partial charge in [-0.2, -0.15) is 0 Å². The minimum atomic E-state index is 0.152. The average molecular weight is 210 g/mol. The van der Waals surface area contributed by atoms with Gasteiger partial charge in [0.05, 0.1) is 0 Å². The summed E-state index contributed by atoms with van der Waals surface area (Å²) in [6.45, 7) is 9.20. The van der Waals surface area contributed by atoms with E-state index in [1.165, 1.54) is 0 Å². The topological polar surface area (TPSA) is 37.8 Å². The summed E-state index contributed by atoms with van der Waals surface area (Å²) < 4.78 is 1.75. The average Bonchev–Trinajstić information content (AvgIpc) is 2.42. The van der Waals surface area contributed by atoms with Crippen LogP contribution in [0.2, 0.25) is 0 Å². The van der Waals surface area contributed by atoms with Crippen molar-refractivity contribution in [3.8, 4) is 0 Å². The minimum Gasteiger partial charge on any atom is -0.299 e. The van der Waals surface area contributed by atoms with Crippen LogP contribution in [0.15, 0.2) is 4.79 Å². The third kappa shape index (κ3) is 2.98. The predicted octanol–water partition coefficient (Wildman–Crippen LogP) is 2.48. The summed E-state index contributed by atoms with van der Waals surface area (Å²) in [4.78, 5) is 11.8. The molecule has 1 N–H and O–H groups in total. The molecule has 0 aromatic carbocycles. The van der Waals surface area contributed by atoms with Crippen molar-refractivity contribution in [1.29, 1.82) is 0 Å². The summed E-state index contributed by atoms with van der Waals surface area (Å²) in [6, 6.07) is 0. The number of hydrogen-bond acceptors (Lipinski definition) is 1. The maximum absolute atomic E-state index is 11.8. The Morgan fingerprint density at radius 3 is 2.60 bits per heavy atom. The lowest BCUT2D eigenvalue weighted by Gasteiger charge is -2.03. The Morgan fingerprint density at radius 2 is 2.07 bits per heavy atom. The van der Waals surface area contributed by atoms with Crippen molar-refractivity contribution in [2.75, 3.05) is 0 Å². The molecule has 0 aliphatic carbocycles. The number of unbranched alkanes of at least 4 members (excludes halogenated alkanes) is 1. The van der Waals surface area contributed by atoms with E-state index in [-0.39, 0.29) is 5.56 Å². The quantitative estimate of drug-likeness (QED) is 0.796. The highest BCUT2D eigenvalue weighted by Gasteiger charge is 2.10. The second-order valence-electron chi connectivity index (χ2n) is 4.62. The highest BCUT2D eigenvalue weighted by atomic mass is 16.1. The van der Waals surface area contributed by atoms with Crippen molar-refractivity contribution >= 4 is 0 Å². The van der Waals surface area contributed by atoms with Gasteiger partial charge in [-0.3, -0.25) is 14.6 Å². The molecule has 0 fully saturated rings. The second kappa shape index (κ2) is 5.19. The Labute approximate surface area is 91.5 Å². The molecule has 1 aromatic heterocycles. The zero-order chi connectivity index (χ0) is 11.4. The number of hydrogen-bond donors (Lipinski definition) is 1. The first-order valence-corrected chi connectivity index (χ1v) is 5.84. The van der Waals surface area contributed by atoms with Gasteiger partial charge in [-0.25, -0.2) is 0 Å². The fourth-order valence-corrected chi connectivity index (χ4v) is 1.71. The van der Waals surface area contributed by atoms with Gasteiger partial charge in [-0.05, 0) is 25.7 Å². The second-order valence-corrected chi connectivity index (χ2v) is 4.62. The van der Waals surface area contributed by atoms with Crippen LogP contribution in [0.3, 0.4) is 0 Å². The largest absolute Gasteiger partial charge is 0.299 e. The van der Waals surface area contributed by atoms with Crippen molar-refractivity contribution in [3.05, 3.63) is 21.6 Å². The van der Waals surface area contributed by atoms with Crippen LogP contribution in [-0.2, 0) is 13.0 Å². The third-order valence-corrected chi connectivity index (χ3v) is 2.64. The van der Waals surface area contributed by atoms with Gasteiger partial charge in [-0.1, -0.05) is 27.2 Å². The zero-order valence-corrected chi connectivity index (χ0v) is 10.3. The molecule has 3 nitrogen and oxygen atoms in total. The number of rotatable bonds is 5. The monoisotopic (exact) mass is 210 g/mol. The molecule has 0 radical (unpaired) electrons. The van der Waals surface area contributed by atoms with Gasteiger partial charge in [0.15, 0.2) is 0 Å². The lowest BCUT2D eigenvalue weighted by atomic mass is 10.1. The molecule has 1 rings (SSSR count). The third-order valence-electron chi connectivity index (χ3n) is 2.64. The number of H-pyrrole nitrogens is 1. The summed E-state index contributed by atoms with van der Waals surface area (Å²) in [5.74, 6) is 0.585. The maximum Gasteiger partial charge on any atom is 0.269 e. The van der Waals surface area contributed by atoms with Gasteiger partial charge < -0.3 is 0 Å². The highest BCUT2D eigenvalue weighted by Crippen LogP contribution is 2.07. The molecule has 0 bridgehead atoms. The van der Waals surface area contributed by atoms with Crippen LogP contribution in [0, 0.1) is 12.8 Å². The molecule has 0 saturated heterocycles. The van der Waals surface area contributed by atoms with Gasteiger partial charge in [-0.15, -0.1) is 0 Å². The fraction of sp³-hybridized carbons (Fsp3) is 0.750. The molecule has 15 heavy (non-hydrogen) atoms. The molecule has 0 atom stereocenters. The molecule has 1 heterocycles. The van der Waals surface area contributed by atoms with E-state index >= 15 is 0 Å². The van der Waals surface area contributed by atoms with E-state index in [4.69, 9.17) is 0 Å². The molecule has 0 aliphatic heterocycles. The predicted molar refractivity (Wildman–Crippen MR) is 63.2 cm³/mol. The maximum atomic E-state index is 11.8. The highest BCUT2D eigenvalue weighted by molar-refractivity contribution is 5.15. The van der Waals surface area contributed by atoms with E-state index in [1.54, 1.807) is 4.68 Å². The molecule has 1 aromatic rings. The van der Waals surface area contributed by atoms with Gasteiger partial charge in [0.1, 0.15) is 0 Å². The van der Waals surface area contributed by atoms with Gasteiger partial charge in [0.25, 0.3) is 5.56 Å². The SMILES string of the molecule is CCCCn1[nH]c(CC(C)C)c(C)c1=O. The van der Waals surface area contributed by atoms with E-state index in [0.29, 0.717) is 5.92 Å². The van der Waals surface area contributed by atoms with E-state index in [0.717, 1.165) is 37.1 Å². The minimum absolute atomic E-state index is 0.152. The smallest absolute Gasteiger partial charge is 0.269 e. The van der Waals surface area contributed by atoms with E-state index in [1.807, 2.05) is 6.92 Å². The van der Waals surface area contributed by atoms with Gasteiger partial charge in [0.2, 0.25) is 0 Å². The number of nitrogens with zero attached hydrogens (tertiary/aromatic N) is 1. The Balaban J connectivity index is 2.86. The first-order chi connectivity index (χ1) is 7.06. The van der Waals surface area contributed by atoms with Crippen molar-refractivity contribution in [2.24, 2.45) is 5.92 Å². The van der Waals surface area contributed by atoms with Crippen molar-refractivity contribution in [1.82, 2.24) is 9.78 Å². The van der Waals surface area contributed by atoms with Crippen molar-refractivity contribution < 1.29 is 0 Å². The summed E-state index contributed by atoms with van der Waals surface area (Å²) in [6.07, 6.45) is 3.13. The lowest BCUT2D eigenvalue weighted by molar-refractivity contribution is 0.542. The Bertz CT molecular complexity index is 360. The number of aryl methyl sites for hydroxylation is 1. The molecular formula is C12H22N2O. The molecule has 0 spiro atoms. The molecule has 3 heteroatoms. The van der Waals surface area contributed by atoms with E-state index in [9.17, 15) is 4.79 Å². The molecular weight excluding hydrogens is 188 g/mol. The van der Waals surface area contributed by atoms with Crippen LogP contribution in [0.1, 0.15) is 44.9 Å². The summed E-state index contributed by atoms with van der Waals surface area (Å²) >= 11 is 0. The van der Waals surface area contributed by atoms with Crippen LogP contribution >= 0.6 is 0 Å². The van der Waals surface area contributed by atoms with Gasteiger partial charge >= 0.3 is 0 Å². The molecule has 0 saturated carbocycles. The Morgan fingerprint density at radius 1 is 1.40 bits per heavy atom. The van der Waals surface area contributed by atoms with Crippen molar-refractivity contribution in [3.63, 3.8) is 0 Å². The van der Waals surface area contributed by atoms with Crippen LogP contribution < -0.4 is 5.56 Å². The summed E-state index contributed by atoms with van der Waals surface area (Å²) in [5.41, 5.74) is 2.14. The zero-order valence-electron chi connectivity index (χ0n) is 10.3. The molecule has 0 unspecified atom stereocenters. The normalized spacial score (nSPS) is 11.3. The van der Waals surface area contributed by atoms with Gasteiger partial charge in [0, 0.05) is 17.8 Å². The van der Waals surface area contributed by atoms with Crippen LogP contribution in [0.25, 0.3) is 0 Å². The molecule has 0 amide bonds. The number of aromatic nitrogens is 2. The van der Waals surface area contributed by atoms with E-state index in [2.05, 4.69) is 25.9 Å². The number of nitrogens with one attached hydrogen (secondary N) is 1. The van der Waals surface area contributed by atoms with E-state index < -0.39 is 0 Å². The van der Waals surface area contributed by atoms with Crippen LogP contribution in [0.4, 0.5) is 0 Å². The Kier molecular flexibility index (Phi) is 4.18. The standard InChI is InChI=1S/C12H22N2O/c1-5-6-7-14-12(15)10(4)11(13-14)8-9(2)3/h9,13H,5-8H2,1-4H3. The summed E-state index contributed by atoms with van der Waals surface area (Å²) in [7, 11) is 0. The summed E-state index contributed by atoms with van der Waals surface area (Å²) in [5, 5.41) is 3.22. The number of aromatic amines is 1. The van der Waals surface area contributed by atoms with Crippen LogP contribution in [-0.4, -0.2) is 9.78 Å². The lowest BCUT2D eigenvalue weighted by Crippen LogP contribution is -2.17.